The quantitative estimate of drug-likeness (QED) is 0.143. The van der Waals surface area contributed by atoms with Crippen molar-refractivity contribution in [2.24, 2.45) is 0 Å². The van der Waals surface area contributed by atoms with E-state index in [2.05, 4.69) is 9.47 Å². The average Bonchev–Trinajstić information content (AvgIpc) is 3.01. The molecule has 3 saturated carbocycles. The Kier molecular flexibility index (Phi) is 10.9. The van der Waals surface area contributed by atoms with E-state index in [1.165, 1.54) is 0 Å². The van der Waals surface area contributed by atoms with E-state index in [0.29, 0.717) is 42.9 Å². The van der Waals surface area contributed by atoms with Gasteiger partial charge in [-0.2, -0.15) is 8.42 Å². The highest BCUT2D eigenvalue weighted by Gasteiger charge is 2.42. The van der Waals surface area contributed by atoms with Crippen LogP contribution >= 0.6 is 0 Å². The van der Waals surface area contributed by atoms with Crippen LogP contribution in [-0.4, -0.2) is 34.1 Å². The largest absolute Gasteiger partial charge is 0.744 e. The van der Waals surface area contributed by atoms with Crippen LogP contribution in [-0.2, 0) is 20.2 Å². The van der Waals surface area contributed by atoms with Gasteiger partial charge in [0.2, 0.25) is 5.75 Å². The molecule has 0 atom stereocenters. The standard InChI is InChI=1S/C32H38F6O8S2/c33-31(34,35)44-28-26(16-17-27(47(39,40)41)29(28)45-32(36,37)38)46-48(42,43)30-24(21-12-6-2-7-13-21)18-23(20-10-4-1-5-11-20)19-25(30)22-14-8-3-9-15-22/h16-22H,1-15H2,(H,39,40,41)/p-1. The second-order valence-corrected chi connectivity index (χ2v) is 15.7. The van der Waals surface area contributed by atoms with Gasteiger partial charge in [-0.1, -0.05) is 69.9 Å². The summed E-state index contributed by atoms with van der Waals surface area (Å²) in [7, 11) is -11.0. The Morgan fingerprint density at radius 2 is 1.02 bits per heavy atom. The maximum atomic E-state index is 14.4. The van der Waals surface area contributed by atoms with Gasteiger partial charge in [0.25, 0.3) is 0 Å². The van der Waals surface area contributed by atoms with Crippen molar-refractivity contribution in [2.75, 3.05) is 0 Å². The minimum atomic E-state index is -5.88. The molecule has 3 aliphatic rings. The van der Waals surface area contributed by atoms with Crippen LogP contribution in [0.4, 0.5) is 26.3 Å². The van der Waals surface area contributed by atoms with Gasteiger partial charge in [-0.15, -0.1) is 26.3 Å². The molecule has 0 spiro atoms. The van der Waals surface area contributed by atoms with E-state index < -0.39 is 55.1 Å². The molecule has 5 rings (SSSR count). The first-order chi connectivity index (χ1) is 22.4. The Labute approximate surface area is 276 Å². The molecule has 0 heterocycles. The molecule has 2 aromatic rings. The summed E-state index contributed by atoms with van der Waals surface area (Å²) in [5.74, 6) is -5.95. The van der Waals surface area contributed by atoms with Crippen LogP contribution in [0.2, 0.25) is 0 Å². The van der Waals surface area contributed by atoms with Gasteiger partial charge in [0.1, 0.15) is 19.9 Å². The smallest absolute Gasteiger partial charge is 0.573 e. The first-order valence-electron chi connectivity index (χ1n) is 16.2. The summed E-state index contributed by atoms with van der Waals surface area (Å²) in [4.78, 5) is -2.09. The molecule has 0 radical (unpaired) electrons. The number of hydrogen-bond donors (Lipinski definition) is 0. The summed E-state index contributed by atoms with van der Waals surface area (Å²) in [5.41, 5.74) is 1.91. The molecule has 8 nitrogen and oxygen atoms in total. The van der Waals surface area contributed by atoms with E-state index in [9.17, 15) is 47.7 Å². The molecule has 3 aliphatic carbocycles. The van der Waals surface area contributed by atoms with Gasteiger partial charge in [-0.25, -0.2) is 8.42 Å². The fraction of sp³-hybridized carbons (Fsp3) is 0.625. The van der Waals surface area contributed by atoms with E-state index in [-0.39, 0.29) is 28.7 Å². The second-order valence-electron chi connectivity index (χ2n) is 12.8. The first-order valence-corrected chi connectivity index (χ1v) is 19.0. The normalized spacial score (nSPS) is 19.6. The number of benzene rings is 2. The molecule has 3 fully saturated rings. The summed E-state index contributed by atoms with van der Waals surface area (Å²) in [6.45, 7) is 0. The molecule has 0 amide bonds. The number of ether oxygens (including phenoxy) is 2. The molecule has 0 unspecified atom stereocenters. The lowest BCUT2D eigenvalue weighted by Gasteiger charge is -2.32. The fourth-order valence-corrected chi connectivity index (χ4v) is 9.54. The second kappa shape index (κ2) is 14.3. The Balaban J connectivity index is 1.72. The third-order valence-electron chi connectivity index (χ3n) is 9.53. The van der Waals surface area contributed by atoms with Crippen molar-refractivity contribution in [2.45, 2.75) is 137 Å². The molecular formula is C32H37F6O8S2-. The SMILES string of the molecule is O=S(=O)([O-])c1ccc(OS(=O)(=O)c2c(C3CCCCC3)cc(C3CCCCC3)cc2C2CCCCC2)c(OC(F)(F)F)c1OC(F)(F)F. The zero-order chi connectivity index (χ0) is 34.9. The highest BCUT2D eigenvalue weighted by Crippen LogP contribution is 2.50. The summed E-state index contributed by atoms with van der Waals surface area (Å²) >= 11 is 0. The third kappa shape index (κ3) is 8.89. The fourth-order valence-electron chi connectivity index (χ4n) is 7.47. The maximum absolute atomic E-state index is 14.4. The first kappa shape index (κ1) is 36.6. The number of rotatable bonds is 9. The Hall–Kier alpha value is -2.72. The van der Waals surface area contributed by atoms with E-state index in [1.54, 1.807) is 0 Å². The van der Waals surface area contributed by atoms with Crippen molar-refractivity contribution in [3.05, 3.63) is 41.0 Å². The maximum Gasteiger partial charge on any atom is 0.573 e. The highest BCUT2D eigenvalue weighted by molar-refractivity contribution is 7.87. The molecule has 0 aliphatic heterocycles. The van der Waals surface area contributed by atoms with E-state index in [0.717, 1.165) is 76.2 Å². The minimum absolute atomic E-state index is 0.188. The number of alkyl halides is 6. The van der Waals surface area contributed by atoms with Crippen LogP contribution in [0.15, 0.2) is 34.1 Å². The van der Waals surface area contributed by atoms with E-state index in [4.69, 9.17) is 4.18 Å². The summed E-state index contributed by atoms with van der Waals surface area (Å²) in [5, 5.41) is 0. The molecule has 2 aromatic carbocycles. The lowest BCUT2D eigenvalue weighted by atomic mass is 9.76. The van der Waals surface area contributed by atoms with Gasteiger partial charge in [0.05, 0.1) is 0 Å². The van der Waals surface area contributed by atoms with Crippen molar-refractivity contribution in [3.63, 3.8) is 0 Å². The summed E-state index contributed by atoms with van der Waals surface area (Å²) in [6, 6.07) is 4.23. The van der Waals surface area contributed by atoms with E-state index >= 15 is 0 Å². The number of halogens is 6. The molecule has 0 aromatic heterocycles. The lowest BCUT2D eigenvalue weighted by Crippen LogP contribution is -2.24. The van der Waals surface area contributed by atoms with Crippen LogP contribution < -0.4 is 13.7 Å². The monoisotopic (exact) mass is 727 g/mol. The zero-order valence-electron chi connectivity index (χ0n) is 26.0. The van der Waals surface area contributed by atoms with Crippen molar-refractivity contribution < 1.29 is 61.4 Å². The van der Waals surface area contributed by atoms with Gasteiger partial charge in [0, 0.05) is 0 Å². The molecule has 48 heavy (non-hydrogen) atoms. The average molecular weight is 728 g/mol. The minimum Gasteiger partial charge on any atom is -0.744 e. The Morgan fingerprint density at radius 3 is 1.44 bits per heavy atom. The lowest BCUT2D eigenvalue weighted by molar-refractivity contribution is -0.288. The molecule has 268 valence electrons. The van der Waals surface area contributed by atoms with Gasteiger partial charge >= 0.3 is 22.8 Å². The van der Waals surface area contributed by atoms with Gasteiger partial charge < -0.3 is 18.2 Å². The van der Waals surface area contributed by atoms with Gasteiger partial charge in [-0.3, -0.25) is 0 Å². The predicted octanol–water partition coefficient (Wildman–Crippen LogP) is 9.30. The molecule has 0 N–H and O–H groups in total. The zero-order valence-corrected chi connectivity index (χ0v) is 27.6. The number of hydrogen-bond acceptors (Lipinski definition) is 8. The molecule has 0 saturated heterocycles. The van der Waals surface area contributed by atoms with Crippen LogP contribution in [0.1, 0.15) is 131 Å². The molecule has 0 bridgehead atoms. The molecule has 16 heteroatoms. The van der Waals surface area contributed by atoms with E-state index in [1.807, 2.05) is 12.1 Å². The van der Waals surface area contributed by atoms with Crippen molar-refractivity contribution in [1.29, 1.82) is 0 Å². The van der Waals surface area contributed by atoms with Crippen molar-refractivity contribution in [1.82, 2.24) is 0 Å². The topological polar surface area (TPSA) is 119 Å². The van der Waals surface area contributed by atoms with Crippen molar-refractivity contribution >= 4 is 20.2 Å². The summed E-state index contributed by atoms with van der Waals surface area (Å²) in [6.07, 6.45) is 1.20. The van der Waals surface area contributed by atoms with Crippen LogP contribution in [0.3, 0.4) is 0 Å². The van der Waals surface area contributed by atoms with Gasteiger partial charge in [-0.05, 0) is 85.1 Å². The molecular weight excluding hydrogens is 690 g/mol. The van der Waals surface area contributed by atoms with Gasteiger partial charge in [0.15, 0.2) is 11.5 Å². The van der Waals surface area contributed by atoms with Crippen LogP contribution in [0.25, 0.3) is 0 Å². The predicted molar refractivity (Wildman–Crippen MR) is 160 cm³/mol. The van der Waals surface area contributed by atoms with Crippen LogP contribution in [0.5, 0.6) is 17.2 Å². The Bertz CT molecular complexity index is 1630. The van der Waals surface area contributed by atoms with Crippen LogP contribution in [0, 0.1) is 0 Å². The highest BCUT2D eigenvalue weighted by atomic mass is 32.2. The Morgan fingerprint density at radius 1 is 0.604 bits per heavy atom. The summed E-state index contributed by atoms with van der Waals surface area (Å²) < 4.78 is 157. The third-order valence-corrected chi connectivity index (χ3v) is 11.8. The van der Waals surface area contributed by atoms with Crippen molar-refractivity contribution in [3.8, 4) is 17.2 Å².